The Labute approximate surface area is 114 Å². The standard InChI is InChI=1S/C14H24N2OS/c1-5-10(2)8-11(3)15-9-14-13(6-7-18-14)16-12(4)17/h6-7,10-11,15H,5,8-9H2,1-4H3,(H,16,17). The van der Waals surface area contributed by atoms with Gasteiger partial charge in [-0.2, -0.15) is 0 Å². The van der Waals surface area contributed by atoms with Crippen LogP contribution in [-0.2, 0) is 11.3 Å². The van der Waals surface area contributed by atoms with Gasteiger partial charge in [0.2, 0.25) is 5.91 Å². The SMILES string of the molecule is CCC(C)CC(C)NCc1sccc1NC(C)=O. The molecule has 0 bridgehead atoms. The number of anilines is 1. The summed E-state index contributed by atoms with van der Waals surface area (Å²) in [6, 6.07) is 2.47. The molecule has 0 aliphatic rings. The summed E-state index contributed by atoms with van der Waals surface area (Å²) in [5.74, 6) is 0.743. The Morgan fingerprint density at radius 3 is 2.78 bits per heavy atom. The topological polar surface area (TPSA) is 41.1 Å². The van der Waals surface area contributed by atoms with E-state index in [9.17, 15) is 4.79 Å². The Bertz CT molecular complexity index is 376. The molecule has 2 unspecified atom stereocenters. The molecule has 1 heterocycles. The number of thiophene rings is 1. The molecule has 1 amide bonds. The van der Waals surface area contributed by atoms with E-state index in [2.05, 4.69) is 31.4 Å². The first-order chi connectivity index (χ1) is 8.52. The Morgan fingerprint density at radius 2 is 2.17 bits per heavy atom. The van der Waals surface area contributed by atoms with Gasteiger partial charge < -0.3 is 10.6 Å². The molecule has 0 aliphatic carbocycles. The van der Waals surface area contributed by atoms with Crippen LogP contribution in [-0.4, -0.2) is 11.9 Å². The number of amides is 1. The maximum atomic E-state index is 11.1. The van der Waals surface area contributed by atoms with Crippen molar-refractivity contribution >= 4 is 22.9 Å². The number of rotatable bonds is 7. The van der Waals surface area contributed by atoms with Gasteiger partial charge in [0.1, 0.15) is 0 Å². The maximum absolute atomic E-state index is 11.1. The lowest BCUT2D eigenvalue weighted by atomic mass is 10.0. The summed E-state index contributed by atoms with van der Waals surface area (Å²) in [4.78, 5) is 12.3. The fourth-order valence-corrected chi connectivity index (χ4v) is 2.68. The lowest BCUT2D eigenvalue weighted by Crippen LogP contribution is -2.27. The number of hydrogen-bond donors (Lipinski definition) is 2. The zero-order valence-electron chi connectivity index (χ0n) is 11.7. The van der Waals surface area contributed by atoms with Crippen molar-refractivity contribution in [3.05, 3.63) is 16.3 Å². The average Bonchev–Trinajstić information content (AvgIpc) is 2.72. The maximum Gasteiger partial charge on any atom is 0.221 e. The quantitative estimate of drug-likeness (QED) is 0.793. The highest BCUT2D eigenvalue weighted by Gasteiger charge is 2.09. The molecule has 0 saturated heterocycles. The first kappa shape index (κ1) is 15.2. The predicted octanol–water partition coefficient (Wildman–Crippen LogP) is 3.62. The van der Waals surface area contributed by atoms with Crippen LogP contribution in [0.2, 0.25) is 0 Å². The van der Waals surface area contributed by atoms with Crippen LogP contribution in [0.25, 0.3) is 0 Å². The summed E-state index contributed by atoms with van der Waals surface area (Å²) < 4.78 is 0. The predicted molar refractivity (Wildman–Crippen MR) is 79.0 cm³/mol. The van der Waals surface area contributed by atoms with Crippen molar-refractivity contribution in [2.45, 2.75) is 53.1 Å². The van der Waals surface area contributed by atoms with Gasteiger partial charge in [-0.15, -0.1) is 11.3 Å². The zero-order valence-corrected chi connectivity index (χ0v) is 12.6. The van der Waals surface area contributed by atoms with Gasteiger partial charge in [0.25, 0.3) is 0 Å². The fraction of sp³-hybridized carbons (Fsp3) is 0.643. The van der Waals surface area contributed by atoms with Gasteiger partial charge in [0, 0.05) is 24.4 Å². The molecule has 4 heteroatoms. The molecular weight excluding hydrogens is 244 g/mol. The van der Waals surface area contributed by atoms with E-state index in [-0.39, 0.29) is 5.91 Å². The molecule has 0 saturated carbocycles. The minimum absolute atomic E-state index is 0.0118. The molecule has 18 heavy (non-hydrogen) atoms. The van der Waals surface area contributed by atoms with Crippen LogP contribution in [0.3, 0.4) is 0 Å². The van der Waals surface area contributed by atoms with Gasteiger partial charge in [-0.25, -0.2) is 0 Å². The number of carbonyl (C=O) groups excluding carboxylic acids is 1. The Kier molecular flexibility index (Phi) is 6.36. The summed E-state index contributed by atoms with van der Waals surface area (Å²) in [5.41, 5.74) is 0.940. The second-order valence-electron chi connectivity index (χ2n) is 4.97. The van der Waals surface area contributed by atoms with Crippen LogP contribution in [0.4, 0.5) is 5.69 Å². The lowest BCUT2D eigenvalue weighted by molar-refractivity contribution is -0.114. The molecule has 1 rings (SSSR count). The van der Waals surface area contributed by atoms with Gasteiger partial charge >= 0.3 is 0 Å². The van der Waals surface area contributed by atoms with E-state index in [4.69, 9.17) is 0 Å². The van der Waals surface area contributed by atoms with E-state index in [1.165, 1.54) is 17.7 Å². The molecular formula is C14H24N2OS. The normalized spacial score (nSPS) is 14.2. The van der Waals surface area contributed by atoms with E-state index >= 15 is 0 Å². The van der Waals surface area contributed by atoms with Crippen molar-refractivity contribution in [2.75, 3.05) is 5.32 Å². The molecule has 2 N–H and O–H groups in total. The largest absolute Gasteiger partial charge is 0.325 e. The lowest BCUT2D eigenvalue weighted by Gasteiger charge is -2.17. The van der Waals surface area contributed by atoms with Crippen molar-refractivity contribution in [2.24, 2.45) is 5.92 Å². The van der Waals surface area contributed by atoms with Crippen LogP contribution in [0.1, 0.15) is 45.4 Å². The van der Waals surface area contributed by atoms with Crippen molar-refractivity contribution in [3.63, 3.8) is 0 Å². The van der Waals surface area contributed by atoms with Gasteiger partial charge in [-0.3, -0.25) is 4.79 Å². The molecule has 1 aromatic heterocycles. The molecule has 3 nitrogen and oxygen atoms in total. The minimum Gasteiger partial charge on any atom is -0.325 e. The summed E-state index contributed by atoms with van der Waals surface area (Å²) in [5, 5.41) is 8.40. The van der Waals surface area contributed by atoms with Crippen LogP contribution >= 0.6 is 11.3 Å². The van der Waals surface area contributed by atoms with Gasteiger partial charge in [-0.1, -0.05) is 20.3 Å². The molecule has 1 aromatic rings. The smallest absolute Gasteiger partial charge is 0.221 e. The molecule has 0 aromatic carbocycles. The Balaban J connectivity index is 2.43. The molecule has 0 aliphatic heterocycles. The number of hydrogen-bond acceptors (Lipinski definition) is 3. The van der Waals surface area contributed by atoms with E-state index in [1.54, 1.807) is 18.3 Å². The third-order valence-corrected chi connectivity index (χ3v) is 4.04. The summed E-state index contributed by atoms with van der Waals surface area (Å²) >= 11 is 1.68. The van der Waals surface area contributed by atoms with Crippen LogP contribution < -0.4 is 10.6 Å². The van der Waals surface area contributed by atoms with Gasteiger partial charge in [0.15, 0.2) is 0 Å². The van der Waals surface area contributed by atoms with Crippen molar-refractivity contribution < 1.29 is 4.79 Å². The first-order valence-corrected chi connectivity index (χ1v) is 7.48. The summed E-state index contributed by atoms with van der Waals surface area (Å²) in [6.45, 7) is 9.10. The molecule has 0 radical (unpaired) electrons. The number of carbonyl (C=O) groups is 1. The zero-order chi connectivity index (χ0) is 13.5. The molecule has 2 atom stereocenters. The third kappa shape index (κ3) is 5.19. The molecule has 0 fully saturated rings. The van der Waals surface area contributed by atoms with Crippen molar-refractivity contribution in [1.29, 1.82) is 0 Å². The van der Waals surface area contributed by atoms with E-state index in [0.29, 0.717) is 6.04 Å². The van der Waals surface area contributed by atoms with Crippen molar-refractivity contribution in [3.8, 4) is 0 Å². The van der Waals surface area contributed by atoms with Crippen LogP contribution in [0, 0.1) is 5.92 Å². The van der Waals surface area contributed by atoms with E-state index in [1.807, 2.05) is 11.4 Å². The monoisotopic (exact) mass is 268 g/mol. The summed E-state index contributed by atoms with van der Waals surface area (Å²) in [7, 11) is 0. The Hall–Kier alpha value is -0.870. The average molecular weight is 268 g/mol. The van der Waals surface area contributed by atoms with Gasteiger partial charge in [-0.05, 0) is 30.7 Å². The van der Waals surface area contributed by atoms with Gasteiger partial charge in [0.05, 0.1) is 5.69 Å². The second-order valence-corrected chi connectivity index (χ2v) is 5.97. The minimum atomic E-state index is -0.0118. The highest BCUT2D eigenvalue weighted by atomic mass is 32.1. The second kappa shape index (κ2) is 7.54. The van der Waals surface area contributed by atoms with Crippen LogP contribution in [0.15, 0.2) is 11.4 Å². The Morgan fingerprint density at radius 1 is 1.44 bits per heavy atom. The first-order valence-electron chi connectivity index (χ1n) is 6.60. The highest BCUT2D eigenvalue weighted by Crippen LogP contribution is 2.22. The third-order valence-electron chi connectivity index (χ3n) is 3.12. The molecule has 0 spiro atoms. The summed E-state index contributed by atoms with van der Waals surface area (Å²) in [6.07, 6.45) is 2.42. The fourth-order valence-electron chi connectivity index (χ4n) is 1.90. The van der Waals surface area contributed by atoms with Crippen LogP contribution in [0.5, 0.6) is 0 Å². The number of nitrogens with one attached hydrogen (secondary N) is 2. The van der Waals surface area contributed by atoms with Crippen molar-refractivity contribution in [1.82, 2.24) is 5.32 Å². The van der Waals surface area contributed by atoms with E-state index in [0.717, 1.165) is 18.2 Å². The van der Waals surface area contributed by atoms with E-state index < -0.39 is 0 Å². The highest BCUT2D eigenvalue weighted by molar-refractivity contribution is 7.10. The molecule has 102 valence electrons.